The molecule has 11 N–H and O–H groups in total. The van der Waals surface area contributed by atoms with E-state index in [1.807, 2.05) is 0 Å². The maximum absolute atomic E-state index is 14.3. The molecular weight excluding hydrogens is 980 g/mol. The highest BCUT2D eigenvalue weighted by atomic mass is 19.3. The fourth-order valence-corrected chi connectivity index (χ4v) is 8.57. The number of aromatic hydroxyl groups is 1. The quantitative estimate of drug-likeness (QED) is 0.0482. The molecule has 394 valence electrons. The number of alkyl halides is 8. The van der Waals surface area contributed by atoms with E-state index >= 15 is 0 Å². The van der Waals surface area contributed by atoms with Crippen LogP contribution in [-0.4, -0.2) is 173 Å². The zero-order valence-electron chi connectivity index (χ0n) is 37.4. The molecule has 9 atom stereocenters. The van der Waals surface area contributed by atoms with Crippen LogP contribution in [0.25, 0.3) is 0 Å². The number of amides is 5. The summed E-state index contributed by atoms with van der Waals surface area (Å²) >= 11 is 0. The van der Waals surface area contributed by atoms with Crippen molar-refractivity contribution in [2.75, 3.05) is 32.8 Å². The van der Waals surface area contributed by atoms with Gasteiger partial charge < -0.3 is 67.3 Å². The summed E-state index contributed by atoms with van der Waals surface area (Å²) in [6.07, 6.45) is -12.0. The van der Waals surface area contributed by atoms with Crippen LogP contribution < -0.4 is 42.5 Å². The lowest BCUT2D eigenvalue weighted by atomic mass is 9.79. The minimum atomic E-state index is -5.04. The summed E-state index contributed by atoms with van der Waals surface area (Å²) in [5.41, 5.74) is -7.06. The Balaban J connectivity index is 1.44. The SMILES string of the molecule is CC(C)C[C@H](NC(=O)[C@@H]1C[C@@](NC(=O)[C@H]2NC[C@@](NC(=O)[C@@H]3C[C@@]4(CN3)NC(=O)[C@H](Cc3ccc(O)cc3)NC4=O)(C(=O)OCC(F)(F)C(F)F)[C@H]2CC(=O)O)(C(=O)OCC(F)(F)C(F)F)CN1)C(=O)O. The van der Waals surface area contributed by atoms with Gasteiger partial charge in [0.25, 0.3) is 0 Å². The zero-order chi connectivity index (χ0) is 53.0. The molecule has 22 nitrogen and oxygen atoms in total. The number of piperazine rings is 1. The van der Waals surface area contributed by atoms with E-state index in [1.165, 1.54) is 24.3 Å². The number of esters is 2. The van der Waals surface area contributed by atoms with Crippen molar-refractivity contribution in [2.24, 2.45) is 11.8 Å². The normalized spacial score (nSPS) is 28.0. The summed E-state index contributed by atoms with van der Waals surface area (Å²) in [5.74, 6) is -25.5. The minimum Gasteiger partial charge on any atom is -0.508 e. The monoisotopic (exact) mass is 1030 g/mol. The van der Waals surface area contributed by atoms with Crippen molar-refractivity contribution >= 4 is 53.4 Å². The first-order valence-electron chi connectivity index (χ1n) is 21.6. The van der Waals surface area contributed by atoms with Crippen molar-refractivity contribution < 1.29 is 103 Å². The number of benzene rings is 1. The van der Waals surface area contributed by atoms with Gasteiger partial charge in [0, 0.05) is 44.8 Å². The third kappa shape index (κ3) is 12.6. The number of carbonyl (C=O) groups is 9. The van der Waals surface area contributed by atoms with Gasteiger partial charge in [-0.1, -0.05) is 26.0 Å². The van der Waals surface area contributed by atoms with Crippen molar-refractivity contribution in [3.63, 3.8) is 0 Å². The van der Waals surface area contributed by atoms with E-state index in [9.17, 15) is 93.6 Å². The van der Waals surface area contributed by atoms with Gasteiger partial charge in [0.2, 0.25) is 29.5 Å². The number of aliphatic carboxylic acids is 2. The predicted molar refractivity (Wildman–Crippen MR) is 220 cm³/mol. The Morgan fingerprint density at radius 2 is 1.35 bits per heavy atom. The van der Waals surface area contributed by atoms with Crippen molar-refractivity contribution in [2.45, 2.75) is 117 Å². The van der Waals surface area contributed by atoms with E-state index in [1.54, 1.807) is 13.8 Å². The number of ether oxygens (including phenoxy) is 2. The first-order valence-corrected chi connectivity index (χ1v) is 21.6. The number of rotatable bonds is 21. The molecule has 0 aromatic heterocycles. The molecule has 4 aliphatic heterocycles. The molecule has 1 aromatic carbocycles. The molecule has 4 heterocycles. The first kappa shape index (κ1) is 55.5. The van der Waals surface area contributed by atoms with E-state index in [-0.39, 0.29) is 24.5 Å². The molecule has 5 amide bonds. The molecule has 30 heteroatoms. The number of halogens is 8. The highest BCUT2D eigenvalue weighted by Gasteiger charge is 2.62. The number of hydrogen-bond donors (Lipinski definition) is 11. The number of carboxylic acid groups (broad SMARTS) is 2. The average Bonchev–Trinajstić information content (AvgIpc) is 4.01. The average molecular weight is 1030 g/mol. The molecule has 4 aliphatic rings. The van der Waals surface area contributed by atoms with Crippen molar-refractivity contribution in [3.05, 3.63) is 29.8 Å². The van der Waals surface area contributed by atoms with Crippen molar-refractivity contribution in [1.29, 1.82) is 0 Å². The number of carboxylic acids is 2. The van der Waals surface area contributed by atoms with E-state index in [0.29, 0.717) is 5.56 Å². The van der Waals surface area contributed by atoms with E-state index in [4.69, 9.17) is 0 Å². The molecule has 0 bridgehead atoms. The summed E-state index contributed by atoms with van der Waals surface area (Å²) in [7, 11) is 0. The number of carbonyl (C=O) groups excluding carboxylic acids is 7. The van der Waals surface area contributed by atoms with Gasteiger partial charge in [-0.25, -0.2) is 31.9 Å². The number of phenols is 1. The summed E-state index contributed by atoms with van der Waals surface area (Å²) in [6, 6.07) is -2.47. The Morgan fingerprint density at radius 1 is 0.775 bits per heavy atom. The Labute approximate surface area is 396 Å². The number of nitrogens with one attached hydrogen (secondary N) is 8. The highest BCUT2D eigenvalue weighted by Crippen LogP contribution is 2.36. The van der Waals surface area contributed by atoms with Crippen LogP contribution in [-0.2, 0) is 59.0 Å². The lowest BCUT2D eigenvalue weighted by molar-refractivity contribution is -0.186. The standard InChI is InChI=1S/C41H50F8N8O14/c1-17(2)7-22(31(65)66)53-27(61)23-11-38(13-51-23,35(68)70-15-40(46,47)32(42)43)56-30(64)26-20(9-25(59)60)39(14-52-26,36(69)71-16-41(48,49)33(44)45)57-29(63)24-10-37(12-50-24)34(67)54-21(28(62)55-37)8-18-3-5-19(58)6-4-18/h3-6,17,20-24,26,32-33,50-52,58H,7-16H2,1-2H3,(H,53,61)(H,54,67)(H,55,62)(H,56,64)(H,57,63)(H,59,60)(H,65,66)/t20-,21-,22-,23-,24-,26-,37-,38-,39-/m0/s1. The lowest BCUT2D eigenvalue weighted by Crippen LogP contribution is -2.70. The van der Waals surface area contributed by atoms with Crippen LogP contribution >= 0.6 is 0 Å². The van der Waals surface area contributed by atoms with Crippen LogP contribution in [0.4, 0.5) is 35.1 Å². The first-order chi connectivity index (χ1) is 33.0. The third-order valence-electron chi connectivity index (χ3n) is 12.4. The molecular formula is C41H50F8N8O14. The Bertz CT molecular complexity index is 2250. The second-order valence-electron chi connectivity index (χ2n) is 18.1. The van der Waals surface area contributed by atoms with Gasteiger partial charge in [-0.05, 0) is 30.0 Å². The minimum absolute atomic E-state index is 0.0394. The maximum Gasteiger partial charge on any atom is 0.340 e. The topological polar surface area (TPSA) is 329 Å². The van der Waals surface area contributed by atoms with Crippen molar-refractivity contribution in [3.8, 4) is 5.75 Å². The molecule has 0 unspecified atom stereocenters. The Kier molecular flexibility index (Phi) is 16.8. The fraction of sp³-hybridized carbons (Fsp3) is 0.634. The second-order valence-corrected chi connectivity index (χ2v) is 18.1. The number of hydrogen-bond acceptors (Lipinski definition) is 15. The van der Waals surface area contributed by atoms with Gasteiger partial charge in [-0.3, -0.25) is 28.8 Å². The molecule has 4 fully saturated rings. The van der Waals surface area contributed by atoms with Crippen LogP contribution in [0.2, 0.25) is 0 Å². The van der Waals surface area contributed by atoms with Gasteiger partial charge in [0.1, 0.15) is 23.4 Å². The third-order valence-corrected chi connectivity index (χ3v) is 12.4. The Hall–Kier alpha value is -6.43. The highest BCUT2D eigenvalue weighted by molar-refractivity contribution is 6.02. The largest absolute Gasteiger partial charge is 0.508 e. The van der Waals surface area contributed by atoms with Crippen LogP contribution in [0.5, 0.6) is 5.75 Å². The Morgan fingerprint density at radius 3 is 1.92 bits per heavy atom. The van der Waals surface area contributed by atoms with E-state index in [0.717, 1.165) is 0 Å². The smallest absolute Gasteiger partial charge is 0.340 e. The van der Waals surface area contributed by atoms with Crippen molar-refractivity contribution in [1.82, 2.24) is 42.5 Å². The van der Waals surface area contributed by atoms with Crippen LogP contribution in [0.1, 0.15) is 45.1 Å². The molecule has 1 aromatic rings. The second kappa shape index (κ2) is 21.5. The van der Waals surface area contributed by atoms with Crippen LogP contribution in [0.3, 0.4) is 0 Å². The predicted octanol–water partition coefficient (Wildman–Crippen LogP) is -1.71. The summed E-state index contributed by atoms with van der Waals surface area (Å²) in [4.78, 5) is 120. The van der Waals surface area contributed by atoms with Gasteiger partial charge in [0.05, 0.1) is 24.5 Å². The zero-order valence-corrected chi connectivity index (χ0v) is 37.4. The maximum atomic E-state index is 14.3. The summed E-state index contributed by atoms with van der Waals surface area (Å²) in [5, 5.41) is 48.2. The van der Waals surface area contributed by atoms with Gasteiger partial charge >= 0.3 is 48.6 Å². The summed E-state index contributed by atoms with van der Waals surface area (Å²) < 4.78 is 118. The van der Waals surface area contributed by atoms with Gasteiger partial charge in [-0.2, -0.15) is 17.6 Å². The lowest BCUT2D eigenvalue weighted by Gasteiger charge is -2.37. The fourth-order valence-electron chi connectivity index (χ4n) is 8.57. The molecule has 0 saturated carbocycles. The van der Waals surface area contributed by atoms with Crippen LogP contribution in [0, 0.1) is 11.8 Å². The molecule has 4 saturated heterocycles. The molecule has 1 spiro atoms. The molecule has 0 radical (unpaired) electrons. The molecule has 0 aliphatic carbocycles. The van der Waals surface area contributed by atoms with Crippen LogP contribution in [0.15, 0.2) is 24.3 Å². The van der Waals surface area contributed by atoms with Gasteiger partial charge in [0.15, 0.2) is 24.3 Å². The number of phenolic OH excluding ortho intramolecular Hbond substituents is 1. The molecule has 71 heavy (non-hydrogen) atoms. The van der Waals surface area contributed by atoms with E-state index < -0.39 is 183 Å². The van der Waals surface area contributed by atoms with Gasteiger partial charge in [-0.15, -0.1) is 0 Å². The molecule has 5 rings (SSSR count). The van der Waals surface area contributed by atoms with E-state index in [2.05, 4.69) is 52.0 Å². The summed E-state index contributed by atoms with van der Waals surface area (Å²) in [6.45, 7) is -3.98.